The Hall–Kier alpha value is -1.46. The Morgan fingerprint density at radius 3 is 2.74 bits per heavy atom. The lowest BCUT2D eigenvalue weighted by Gasteiger charge is -2.32. The molecule has 0 aromatic heterocycles. The van der Waals surface area contributed by atoms with E-state index in [1.54, 1.807) is 24.1 Å². The number of amides is 1. The SMILES string of the molecule is COc1ccc(Cl)c(Cl)c1[C@H]1C[C@H]2CC(C(=O)O)CC(=O)N2C1. The summed E-state index contributed by atoms with van der Waals surface area (Å²) in [5.41, 5.74) is 0.802. The second kappa shape index (κ2) is 6.21. The third-order valence-electron chi connectivity index (χ3n) is 4.78. The van der Waals surface area contributed by atoms with Crippen LogP contribution in [0.2, 0.25) is 10.0 Å². The first-order valence-corrected chi connectivity index (χ1v) is 8.22. The van der Waals surface area contributed by atoms with Crippen LogP contribution in [-0.2, 0) is 9.59 Å². The minimum Gasteiger partial charge on any atom is -0.496 e. The van der Waals surface area contributed by atoms with E-state index in [-0.39, 0.29) is 24.3 Å². The molecule has 2 fully saturated rings. The van der Waals surface area contributed by atoms with Gasteiger partial charge in [0, 0.05) is 30.5 Å². The molecule has 7 heteroatoms. The van der Waals surface area contributed by atoms with Gasteiger partial charge in [0.15, 0.2) is 0 Å². The number of carboxylic acids is 1. The number of piperidine rings is 1. The maximum Gasteiger partial charge on any atom is 0.307 e. The summed E-state index contributed by atoms with van der Waals surface area (Å²) in [6, 6.07) is 3.38. The number of hydrogen-bond donors (Lipinski definition) is 1. The number of rotatable bonds is 3. The summed E-state index contributed by atoms with van der Waals surface area (Å²) >= 11 is 12.5. The molecule has 2 saturated heterocycles. The molecule has 0 bridgehead atoms. The number of carbonyl (C=O) groups is 2. The summed E-state index contributed by atoms with van der Waals surface area (Å²) in [6.07, 6.45) is 1.23. The van der Waals surface area contributed by atoms with Crippen LogP contribution in [0.3, 0.4) is 0 Å². The van der Waals surface area contributed by atoms with Gasteiger partial charge in [-0.1, -0.05) is 23.2 Å². The highest BCUT2D eigenvalue weighted by atomic mass is 35.5. The van der Waals surface area contributed by atoms with Crippen molar-refractivity contribution in [2.45, 2.75) is 31.2 Å². The number of carboxylic acid groups (broad SMARTS) is 1. The third kappa shape index (κ3) is 2.88. The Labute approximate surface area is 144 Å². The molecule has 0 saturated carbocycles. The summed E-state index contributed by atoms with van der Waals surface area (Å²) in [7, 11) is 1.57. The maximum atomic E-state index is 12.2. The standard InChI is InChI=1S/C16H17Cl2NO4/c1-23-12-3-2-11(17)15(18)14(12)9-5-10-4-8(16(21)22)6-13(20)19(10)7-9/h2-3,8-10H,4-7H2,1H3,(H,21,22)/t8?,9-,10+/m0/s1. The van der Waals surface area contributed by atoms with E-state index in [9.17, 15) is 14.7 Å². The molecule has 1 amide bonds. The molecule has 2 aliphatic heterocycles. The summed E-state index contributed by atoms with van der Waals surface area (Å²) in [4.78, 5) is 25.2. The van der Waals surface area contributed by atoms with E-state index in [0.29, 0.717) is 35.2 Å². The molecule has 5 nitrogen and oxygen atoms in total. The smallest absolute Gasteiger partial charge is 0.307 e. The second-order valence-electron chi connectivity index (χ2n) is 6.08. The zero-order valence-electron chi connectivity index (χ0n) is 12.6. The first-order chi connectivity index (χ1) is 10.9. The molecule has 3 rings (SSSR count). The van der Waals surface area contributed by atoms with Crippen molar-refractivity contribution in [3.63, 3.8) is 0 Å². The molecular weight excluding hydrogens is 341 g/mol. The van der Waals surface area contributed by atoms with Crippen molar-refractivity contribution < 1.29 is 19.4 Å². The van der Waals surface area contributed by atoms with Gasteiger partial charge in [-0.25, -0.2) is 0 Å². The van der Waals surface area contributed by atoms with E-state index in [1.165, 1.54) is 0 Å². The van der Waals surface area contributed by atoms with E-state index >= 15 is 0 Å². The second-order valence-corrected chi connectivity index (χ2v) is 6.87. The largest absolute Gasteiger partial charge is 0.496 e. The quantitative estimate of drug-likeness (QED) is 0.901. The highest BCUT2D eigenvalue weighted by molar-refractivity contribution is 6.42. The van der Waals surface area contributed by atoms with Crippen molar-refractivity contribution in [2.75, 3.05) is 13.7 Å². The number of ether oxygens (including phenoxy) is 1. The summed E-state index contributed by atoms with van der Waals surface area (Å²) < 4.78 is 5.39. The molecule has 1 aromatic rings. The fourth-order valence-corrected chi connectivity index (χ4v) is 4.16. The van der Waals surface area contributed by atoms with Crippen LogP contribution >= 0.6 is 23.2 Å². The van der Waals surface area contributed by atoms with Gasteiger partial charge in [-0.2, -0.15) is 0 Å². The number of halogens is 2. The average Bonchev–Trinajstić information content (AvgIpc) is 2.93. The number of fused-ring (bicyclic) bond motifs is 1. The van der Waals surface area contributed by atoms with Crippen LogP contribution in [-0.4, -0.2) is 41.6 Å². The molecule has 124 valence electrons. The zero-order valence-corrected chi connectivity index (χ0v) is 14.1. The third-order valence-corrected chi connectivity index (χ3v) is 5.60. The molecule has 2 aliphatic rings. The molecule has 1 aromatic carbocycles. The van der Waals surface area contributed by atoms with Crippen LogP contribution in [0.1, 0.15) is 30.7 Å². The van der Waals surface area contributed by atoms with E-state index in [4.69, 9.17) is 27.9 Å². The molecule has 23 heavy (non-hydrogen) atoms. The Bertz CT molecular complexity index is 664. The van der Waals surface area contributed by atoms with Gasteiger partial charge >= 0.3 is 5.97 Å². The van der Waals surface area contributed by atoms with E-state index < -0.39 is 11.9 Å². The predicted molar refractivity (Wildman–Crippen MR) is 86.2 cm³/mol. The molecule has 1 unspecified atom stereocenters. The number of methoxy groups -OCH3 is 1. The lowest BCUT2D eigenvalue weighted by Crippen LogP contribution is -2.44. The Morgan fingerprint density at radius 2 is 2.09 bits per heavy atom. The average molecular weight is 358 g/mol. The van der Waals surface area contributed by atoms with Crippen molar-refractivity contribution >= 4 is 35.1 Å². The van der Waals surface area contributed by atoms with E-state index in [0.717, 1.165) is 5.56 Å². The first kappa shape index (κ1) is 16.4. The summed E-state index contributed by atoms with van der Waals surface area (Å²) in [5.74, 6) is -0.962. The minimum absolute atomic E-state index is 0.00218. The van der Waals surface area contributed by atoms with E-state index in [2.05, 4.69) is 0 Å². The van der Waals surface area contributed by atoms with Crippen molar-refractivity contribution in [3.8, 4) is 5.75 Å². The van der Waals surface area contributed by atoms with Crippen LogP contribution in [0.25, 0.3) is 0 Å². The van der Waals surface area contributed by atoms with Gasteiger partial charge in [0.2, 0.25) is 5.91 Å². The first-order valence-electron chi connectivity index (χ1n) is 7.46. The Kier molecular flexibility index (Phi) is 4.43. The monoisotopic (exact) mass is 357 g/mol. The minimum atomic E-state index is -0.903. The van der Waals surface area contributed by atoms with Gasteiger partial charge in [0.05, 0.1) is 23.1 Å². The number of carbonyl (C=O) groups excluding carboxylic acids is 1. The maximum absolute atomic E-state index is 12.2. The lowest BCUT2D eigenvalue weighted by atomic mass is 9.88. The lowest BCUT2D eigenvalue weighted by molar-refractivity contribution is -0.150. The van der Waals surface area contributed by atoms with Gasteiger partial charge in [-0.3, -0.25) is 9.59 Å². The number of hydrogen-bond acceptors (Lipinski definition) is 3. The summed E-state index contributed by atoms with van der Waals surface area (Å²) in [5, 5.41) is 10.1. The number of nitrogens with zero attached hydrogens (tertiary/aromatic N) is 1. The zero-order chi connectivity index (χ0) is 16.7. The van der Waals surface area contributed by atoms with Crippen LogP contribution in [0.4, 0.5) is 0 Å². The van der Waals surface area contributed by atoms with Crippen molar-refractivity contribution in [2.24, 2.45) is 5.92 Å². The van der Waals surface area contributed by atoms with Crippen LogP contribution < -0.4 is 4.74 Å². The molecule has 0 aliphatic carbocycles. The van der Waals surface area contributed by atoms with Gasteiger partial charge in [-0.05, 0) is 25.0 Å². The highest BCUT2D eigenvalue weighted by Gasteiger charge is 2.44. The van der Waals surface area contributed by atoms with Crippen molar-refractivity contribution in [3.05, 3.63) is 27.7 Å². The van der Waals surface area contributed by atoms with E-state index in [1.807, 2.05) is 0 Å². The van der Waals surface area contributed by atoms with Gasteiger partial charge < -0.3 is 14.7 Å². The van der Waals surface area contributed by atoms with Gasteiger partial charge in [0.1, 0.15) is 5.75 Å². The fourth-order valence-electron chi connectivity index (χ4n) is 3.69. The van der Waals surface area contributed by atoms with Crippen LogP contribution in [0.5, 0.6) is 5.75 Å². The van der Waals surface area contributed by atoms with Crippen molar-refractivity contribution in [1.82, 2.24) is 4.90 Å². The predicted octanol–water partition coefficient (Wildman–Crippen LogP) is 3.18. The molecule has 0 radical (unpaired) electrons. The number of benzene rings is 1. The van der Waals surface area contributed by atoms with Gasteiger partial charge in [0.25, 0.3) is 0 Å². The molecular formula is C16H17Cl2NO4. The molecule has 0 spiro atoms. The van der Waals surface area contributed by atoms with Crippen LogP contribution in [0.15, 0.2) is 12.1 Å². The van der Waals surface area contributed by atoms with Crippen LogP contribution in [0, 0.1) is 5.92 Å². The topological polar surface area (TPSA) is 66.8 Å². The van der Waals surface area contributed by atoms with Crippen molar-refractivity contribution in [1.29, 1.82) is 0 Å². The summed E-state index contributed by atoms with van der Waals surface area (Å²) in [6.45, 7) is 0.520. The highest BCUT2D eigenvalue weighted by Crippen LogP contribution is 2.45. The molecule has 3 atom stereocenters. The fraction of sp³-hybridized carbons (Fsp3) is 0.500. The number of aliphatic carboxylic acids is 1. The normalized spacial score (nSPS) is 27.0. The Morgan fingerprint density at radius 1 is 1.35 bits per heavy atom. The Balaban J connectivity index is 1.90. The molecule has 1 N–H and O–H groups in total. The van der Waals surface area contributed by atoms with Gasteiger partial charge in [-0.15, -0.1) is 0 Å². The molecule has 2 heterocycles.